The Hall–Kier alpha value is -2.53. The molecule has 0 spiro atoms. The van der Waals surface area contributed by atoms with E-state index in [4.69, 9.17) is 9.47 Å². The number of amides is 1. The molecule has 3 heterocycles. The molecule has 0 saturated carbocycles. The van der Waals surface area contributed by atoms with Crippen LogP contribution < -0.4 is 4.74 Å². The normalized spacial score (nSPS) is 21.2. The number of carbonyl (C=O) groups excluding carboxylic acids is 1. The zero-order valence-corrected chi connectivity index (χ0v) is 28.0. The lowest BCUT2D eigenvalue weighted by molar-refractivity contribution is -0.140. The largest absolute Gasteiger partial charge is 0.497 e. The van der Waals surface area contributed by atoms with Crippen molar-refractivity contribution in [3.05, 3.63) is 58.9 Å². The maximum atomic E-state index is 13.9. The van der Waals surface area contributed by atoms with Crippen LogP contribution in [0, 0.1) is 19.7 Å². The van der Waals surface area contributed by atoms with Crippen LogP contribution in [-0.4, -0.2) is 87.5 Å². The third-order valence-corrected chi connectivity index (χ3v) is 12.3. The number of benzene rings is 2. The fourth-order valence-electron chi connectivity index (χ4n) is 7.54. The van der Waals surface area contributed by atoms with Gasteiger partial charge in [-0.15, -0.1) is 0 Å². The first kappa shape index (κ1) is 33.8. The van der Waals surface area contributed by atoms with E-state index in [1.807, 2.05) is 30.9 Å². The Labute approximate surface area is 268 Å². The van der Waals surface area contributed by atoms with Crippen LogP contribution in [0.15, 0.2) is 41.3 Å². The lowest BCUT2D eigenvalue weighted by Crippen LogP contribution is -2.47. The second-order valence-electron chi connectivity index (χ2n) is 13.0. The molecular formula is C35H50FN3O5S. The van der Waals surface area contributed by atoms with Crippen LogP contribution in [-0.2, 0) is 25.2 Å². The van der Waals surface area contributed by atoms with Crippen molar-refractivity contribution in [2.24, 2.45) is 0 Å². The number of ether oxygens (including phenoxy) is 2. The van der Waals surface area contributed by atoms with Crippen LogP contribution in [0.4, 0.5) is 4.39 Å². The minimum atomic E-state index is -3.68. The van der Waals surface area contributed by atoms with Crippen LogP contribution in [0.3, 0.4) is 0 Å². The van der Waals surface area contributed by atoms with Gasteiger partial charge in [-0.2, -0.15) is 4.31 Å². The minimum Gasteiger partial charge on any atom is -0.497 e. The lowest BCUT2D eigenvalue weighted by Gasteiger charge is -2.42. The first-order valence-electron chi connectivity index (χ1n) is 16.7. The van der Waals surface area contributed by atoms with Gasteiger partial charge in [0, 0.05) is 38.6 Å². The van der Waals surface area contributed by atoms with Crippen LogP contribution in [0.5, 0.6) is 5.75 Å². The molecule has 2 aromatic carbocycles. The number of piperidine rings is 2. The third kappa shape index (κ3) is 7.89. The Morgan fingerprint density at radius 2 is 1.60 bits per heavy atom. The Kier molecular flexibility index (Phi) is 11.2. The van der Waals surface area contributed by atoms with Crippen LogP contribution in [0.1, 0.15) is 80.9 Å². The maximum absolute atomic E-state index is 13.9. The summed E-state index contributed by atoms with van der Waals surface area (Å²) in [5, 5.41) is 0. The van der Waals surface area contributed by atoms with E-state index in [1.165, 1.54) is 25.0 Å². The van der Waals surface area contributed by atoms with E-state index in [2.05, 4.69) is 4.90 Å². The molecule has 1 atom stereocenters. The van der Waals surface area contributed by atoms with Crippen molar-refractivity contribution < 1.29 is 27.1 Å². The number of likely N-dealkylation sites (tertiary alicyclic amines) is 2. The topological polar surface area (TPSA) is 79.4 Å². The molecule has 0 N–H and O–H groups in total. The van der Waals surface area contributed by atoms with Gasteiger partial charge in [-0.1, -0.05) is 18.6 Å². The first-order valence-corrected chi connectivity index (χ1v) is 18.1. The highest BCUT2D eigenvalue weighted by atomic mass is 32.2. The fraction of sp³-hybridized carbons (Fsp3) is 0.629. The predicted molar refractivity (Wildman–Crippen MR) is 173 cm³/mol. The number of sulfonamides is 1. The number of nitrogens with zero attached hydrogens (tertiary/aromatic N) is 3. The van der Waals surface area contributed by atoms with Gasteiger partial charge in [0.25, 0.3) is 0 Å². The molecule has 0 radical (unpaired) electrons. The van der Waals surface area contributed by atoms with E-state index < -0.39 is 15.6 Å². The number of hydrogen-bond donors (Lipinski definition) is 0. The number of rotatable bonds is 12. The molecule has 10 heteroatoms. The summed E-state index contributed by atoms with van der Waals surface area (Å²) in [6, 6.07) is 10.1. The second kappa shape index (κ2) is 14.9. The number of carbonyl (C=O) groups is 1. The molecule has 0 bridgehead atoms. The van der Waals surface area contributed by atoms with Gasteiger partial charge >= 0.3 is 0 Å². The van der Waals surface area contributed by atoms with Crippen molar-refractivity contribution in [3.63, 3.8) is 0 Å². The summed E-state index contributed by atoms with van der Waals surface area (Å²) in [5.74, 6) is 0.489. The predicted octanol–water partition coefficient (Wildman–Crippen LogP) is 5.79. The molecular weight excluding hydrogens is 593 g/mol. The van der Waals surface area contributed by atoms with Crippen molar-refractivity contribution in [2.45, 2.75) is 94.6 Å². The van der Waals surface area contributed by atoms with E-state index in [0.717, 1.165) is 44.5 Å². The summed E-state index contributed by atoms with van der Waals surface area (Å²) >= 11 is 0. The molecule has 248 valence electrons. The van der Waals surface area contributed by atoms with Gasteiger partial charge in [0.1, 0.15) is 11.6 Å². The standard InChI is InChI=1S/C35H50FN3O5S/c1-27-25-32(43-3)26-28(2)34(27)45(41,42)39-20-5-4-9-31(39)10-8-11-33(40)38-21-16-35(17-22-38,29-12-14-30(36)15-13-29)44-24-23-37-18-6-7-19-37/h12-15,25-26,31H,4-11,16-24H2,1-3H3. The molecule has 2 aromatic rings. The summed E-state index contributed by atoms with van der Waals surface area (Å²) in [4.78, 5) is 18.1. The summed E-state index contributed by atoms with van der Waals surface area (Å²) in [7, 11) is -2.10. The van der Waals surface area contributed by atoms with Gasteiger partial charge in [-0.25, -0.2) is 12.8 Å². The van der Waals surface area contributed by atoms with Gasteiger partial charge in [-0.05, 0) is 119 Å². The Bertz CT molecular complexity index is 1380. The Balaban J connectivity index is 1.17. The molecule has 3 aliphatic rings. The average Bonchev–Trinajstić information content (AvgIpc) is 3.55. The van der Waals surface area contributed by atoms with Gasteiger partial charge < -0.3 is 19.3 Å². The zero-order chi connectivity index (χ0) is 32.0. The molecule has 1 amide bonds. The molecule has 0 aromatic heterocycles. The Morgan fingerprint density at radius 3 is 2.24 bits per heavy atom. The summed E-state index contributed by atoms with van der Waals surface area (Å²) < 4.78 is 55.2. The molecule has 3 saturated heterocycles. The number of hydrogen-bond acceptors (Lipinski definition) is 6. The molecule has 3 fully saturated rings. The summed E-state index contributed by atoms with van der Waals surface area (Å²) in [6.45, 7) is 9.03. The second-order valence-corrected chi connectivity index (χ2v) is 14.9. The van der Waals surface area contributed by atoms with E-state index in [0.29, 0.717) is 80.1 Å². The van der Waals surface area contributed by atoms with Crippen LogP contribution >= 0.6 is 0 Å². The minimum absolute atomic E-state index is 0.104. The number of aryl methyl sites for hydroxylation is 2. The lowest BCUT2D eigenvalue weighted by atomic mass is 9.84. The van der Waals surface area contributed by atoms with Gasteiger partial charge in [-0.3, -0.25) is 4.79 Å². The monoisotopic (exact) mass is 643 g/mol. The summed E-state index contributed by atoms with van der Waals surface area (Å²) in [5.41, 5.74) is 1.82. The third-order valence-electron chi connectivity index (χ3n) is 10.0. The average molecular weight is 644 g/mol. The van der Waals surface area contributed by atoms with Crippen LogP contribution in [0.2, 0.25) is 0 Å². The first-order chi connectivity index (χ1) is 21.6. The maximum Gasteiger partial charge on any atom is 0.243 e. The Morgan fingerprint density at radius 1 is 0.956 bits per heavy atom. The quantitative estimate of drug-likeness (QED) is 0.291. The van der Waals surface area contributed by atoms with E-state index in [-0.39, 0.29) is 17.8 Å². The molecule has 8 nitrogen and oxygen atoms in total. The van der Waals surface area contributed by atoms with E-state index >= 15 is 0 Å². The van der Waals surface area contributed by atoms with Crippen LogP contribution in [0.25, 0.3) is 0 Å². The number of halogens is 1. The van der Waals surface area contributed by atoms with Gasteiger partial charge in [0.2, 0.25) is 15.9 Å². The molecule has 0 aliphatic carbocycles. The van der Waals surface area contributed by atoms with Crippen molar-refractivity contribution in [3.8, 4) is 5.75 Å². The van der Waals surface area contributed by atoms with Crippen molar-refractivity contribution in [1.82, 2.24) is 14.1 Å². The SMILES string of the molecule is COc1cc(C)c(S(=O)(=O)N2CCCCC2CCCC(=O)N2CCC(OCCN3CCCC3)(c3ccc(F)cc3)CC2)c(C)c1. The summed E-state index contributed by atoms with van der Waals surface area (Å²) in [6.07, 6.45) is 8.12. The molecule has 3 aliphatic heterocycles. The fourth-order valence-corrected chi connectivity index (χ4v) is 9.68. The van der Waals surface area contributed by atoms with Crippen molar-refractivity contribution in [1.29, 1.82) is 0 Å². The van der Waals surface area contributed by atoms with Gasteiger partial charge in [0.15, 0.2) is 0 Å². The van der Waals surface area contributed by atoms with E-state index in [1.54, 1.807) is 23.5 Å². The van der Waals surface area contributed by atoms with Gasteiger partial charge in [0.05, 0.1) is 24.2 Å². The highest BCUT2D eigenvalue weighted by Crippen LogP contribution is 2.38. The number of methoxy groups -OCH3 is 1. The highest BCUT2D eigenvalue weighted by Gasteiger charge is 2.39. The van der Waals surface area contributed by atoms with Crippen molar-refractivity contribution in [2.75, 3.05) is 53.0 Å². The smallest absolute Gasteiger partial charge is 0.243 e. The molecule has 1 unspecified atom stereocenters. The zero-order valence-electron chi connectivity index (χ0n) is 27.2. The highest BCUT2D eigenvalue weighted by molar-refractivity contribution is 7.89. The van der Waals surface area contributed by atoms with Crippen molar-refractivity contribution >= 4 is 15.9 Å². The molecule has 45 heavy (non-hydrogen) atoms. The molecule has 5 rings (SSSR count). The van der Waals surface area contributed by atoms with E-state index in [9.17, 15) is 17.6 Å².